The highest BCUT2D eigenvalue weighted by molar-refractivity contribution is 7.91. The molecule has 0 saturated carbocycles. The maximum absolute atomic E-state index is 13.5. The number of hydrogen-bond acceptors (Lipinski definition) is 5. The van der Waals surface area contributed by atoms with Crippen molar-refractivity contribution in [3.63, 3.8) is 0 Å². The van der Waals surface area contributed by atoms with Gasteiger partial charge in [0.25, 0.3) is 0 Å². The van der Waals surface area contributed by atoms with Crippen molar-refractivity contribution in [1.82, 2.24) is 9.97 Å². The Morgan fingerprint density at radius 3 is 2.84 bits per heavy atom. The van der Waals surface area contributed by atoms with Crippen LogP contribution in [0.1, 0.15) is 6.92 Å². The van der Waals surface area contributed by atoms with E-state index in [2.05, 4.69) is 15.3 Å². The molecule has 0 aliphatic rings. The Kier molecular flexibility index (Phi) is 3.94. The summed E-state index contributed by atoms with van der Waals surface area (Å²) in [6, 6.07) is 4.57. The summed E-state index contributed by atoms with van der Waals surface area (Å²) >= 11 is 0. The molecule has 0 aliphatic heterocycles. The van der Waals surface area contributed by atoms with Gasteiger partial charge in [0.2, 0.25) is 0 Å². The Morgan fingerprint density at radius 2 is 2.11 bits per heavy atom. The van der Waals surface area contributed by atoms with Crippen LogP contribution in [0.4, 0.5) is 10.2 Å². The van der Waals surface area contributed by atoms with Gasteiger partial charge in [-0.3, -0.25) is 0 Å². The van der Waals surface area contributed by atoms with Gasteiger partial charge in [0, 0.05) is 17.7 Å². The van der Waals surface area contributed by atoms with Gasteiger partial charge in [-0.15, -0.1) is 0 Å². The van der Waals surface area contributed by atoms with Crippen molar-refractivity contribution in [3.05, 3.63) is 30.3 Å². The Labute approximate surface area is 110 Å². The van der Waals surface area contributed by atoms with E-state index < -0.39 is 15.7 Å². The van der Waals surface area contributed by atoms with Crippen molar-refractivity contribution in [2.75, 3.05) is 23.4 Å². The van der Waals surface area contributed by atoms with Crippen LogP contribution in [0.15, 0.2) is 24.5 Å². The second kappa shape index (κ2) is 5.48. The smallest absolute Gasteiger partial charge is 0.151 e. The van der Waals surface area contributed by atoms with E-state index in [1.54, 1.807) is 19.1 Å². The van der Waals surface area contributed by atoms with Gasteiger partial charge in [-0.2, -0.15) is 0 Å². The predicted octanol–water partition coefficient (Wildman–Crippen LogP) is 1.62. The van der Waals surface area contributed by atoms with Crippen LogP contribution in [0.2, 0.25) is 0 Å². The first-order chi connectivity index (χ1) is 9.03. The monoisotopic (exact) mass is 283 g/mol. The third-order valence-corrected chi connectivity index (χ3v) is 4.47. The zero-order valence-corrected chi connectivity index (χ0v) is 11.2. The molecule has 0 spiro atoms. The molecule has 5 nitrogen and oxygen atoms in total. The molecule has 0 unspecified atom stereocenters. The summed E-state index contributed by atoms with van der Waals surface area (Å²) in [5.74, 6) is 0.137. The van der Waals surface area contributed by atoms with Crippen LogP contribution < -0.4 is 5.32 Å². The molecule has 0 aliphatic carbocycles. The molecule has 102 valence electrons. The summed E-state index contributed by atoms with van der Waals surface area (Å²) in [6.07, 6.45) is 1.25. The standard InChI is InChI=1S/C12H14FN3O2S/c1-2-19(17,18)7-6-14-12-9-4-3-5-10(13)11(9)15-8-16-12/h3-5,8H,2,6-7H2,1H3,(H,14,15,16). The van der Waals surface area contributed by atoms with Gasteiger partial charge in [0.05, 0.1) is 5.75 Å². The number of aromatic nitrogens is 2. The lowest BCUT2D eigenvalue weighted by Gasteiger charge is -2.08. The molecule has 2 aromatic rings. The van der Waals surface area contributed by atoms with Crippen molar-refractivity contribution in [1.29, 1.82) is 0 Å². The lowest BCUT2D eigenvalue weighted by atomic mass is 10.2. The number of nitrogens with one attached hydrogen (secondary N) is 1. The quantitative estimate of drug-likeness (QED) is 0.902. The Morgan fingerprint density at radius 1 is 1.32 bits per heavy atom. The summed E-state index contributed by atoms with van der Waals surface area (Å²) in [5.41, 5.74) is 0.221. The average molecular weight is 283 g/mol. The zero-order valence-electron chi connectivity index (χ0n) is 10.4. The van der Waals surface area contributed by atoms with E-state index in [0.29, 0.717) is 11.2 Å². The van der Waals surface area contributed by atoms with Crippen LogP contribution in [-0.2, 0) is 9.84 Å². The SMILES string of the molecule is CCS(=O)(=O)CCNc1ncnc2c(F)cccc12. The lowest BCUT2D eigenvalue weighted by molar-refractivity contribution is 0.597. The molecular weight excluding hydrogens is 269 g/mol. The molecule has 0 fully saturated rings. The fraction of sp³-hybridized carbons (Fsp3) is 0.333. The van der Waals surface area contributed by atoms with Gasteiger partial charge in [-0.25, -0.2) is 22.8 Å². The fourth-order valence-electron chi connectivity index (χ4n) is 1.66. The molecule has 0 saturated heterocycles. The number of nitrogens with zero attached hydrogens (tertiary/aromatic N) is 2. The molecule has 7 heteroatoms. The van der Waals surface area contributed by atoms with E-state index in [1.807, 2.05) is 0 Å². The number of anilines is 1. The third kappa shape index (κ3) is 3.17. The summed E-state index contributed by atoms with van der Waals surface area (Å²) in [5, 5.41) is 3.45. The highest BCUT2D eigenvalue weighted by atomic mass is 32.2. The van der Waals surface area contributed by atoms with Gasteiger partial charge in [0.15, 0.2) is 9.84 Å². The molecule has 1 aromatic heterocycles. The molecule has 0 radical (unpaired) electrons. The zero-order chi connectivity index (χ0) is 13.9. The van der Waals surface area contributed by atoms with Crippen LogP contribution >= 0.6 is 0 Å². The van der Waals surface area contributed by atoms with E-state index in [1.165, 1.54) is 12.4 Å². The van der Waals surface area contributed by atoms with Crippen LogP contribution in [0.25, 0.3) is 10.9 Å². The summed E-state index contributed by atoms with van der Waals surface area (Å²) in [6.45, 7) is 1.84. The van der Waals surface area contributed by atoms with Crippen LogP contribution in [-0.4, -0.2) is 36.4 Å². The van der Waals surface area contributed by atoms with Crippen LogP contribution in [0.3, 0.4) is 0 Å². The minimum atomic E-state index is -3.03. The molecular formula is C12H14FN3O2S. The largest absolute Gasteiger partial charge is 0.368 e. The minimum absolute atomic E-state index is 0.0182. The van der Waals surface area contributed by atoms with Gasteiger partial charge >= 0.3 is 0 Å². The van der Waals surface area contributed by atoms with E-state index in [0.717, 1.165) is 0 Å². The van der Waals surface area contributed by atoms with E-state index in [9.17, 15) is 12.8 Å². The Balaban J connectivity index is 2.20. The van der Waals surface area contributed by atoms with Gasteiger partial charge in [0.1, 0.15) is 23.5 Å². The summed E-state index contributed by atoms with van der Waals surface area (Å²) in [7, 11) is -3.03. The normalized spacial score (nSPS) is 11.7. The molecule has 1 heterocycles. The lowest BCUT2D eigenvalue weighted by Crippen LogP contribution is -2.17. The second-order valence-electron chi connectivity index (χ2n) is 4.02. The van der Waals surface area contributed by atoms with Crippen molar-refractivity contribution in [3.8, 4) is 0 Å². The summed E-state index contributed by atoms with van der Waals surface area (Å²) in [4.78, 5) is 7.88. The number of rotatable bonds is 5. The Bertz CT molecular complexity index is 688. The molecule has 0 atom stereocenters. The van der Waals surface area contributed by atoms with Crippen molar-refractivity contribution in [2.45, 2.75) is 6.92 Å². The average Bonchev–Trinajstić information content (AvgIpc) is 2.40. The minimum Gasteiger partial charge on any atom is -0.368 e. The van der Waals surface area contributed by atoms with E-state index in [4.69, 9.17) is 0 Å². The second-order valence-corrected chi connectivity index (χ2v) is 6.49. The predicted molar refractivity (Wildman–Crippen MR) is 72.3 cm³/mol. The highest BCUT2D eigenvalue weighted by Crippen LogP contribution is 2.20. The molecule has 1 N–H and O–H groups in total. The topological polar surface area (TPSA) is 72.0 Å². The third-order valence-electron chi connectivity index (χ3n) is 2.76. The first-order valence-corrected chi connectivity index (χ1v) is 7.69. The van der Waals surface area contributed by atoms with Gasteiger partial charge < -0.3 is 5.32 Å². The van der Waals surface area contributed by atoms with Crippen molar-refractivity contribution in [2.24, 2.45) is 0 Å². The number of hydrogen-bond donors (Lipinski definition) is 1. The number of sulfone groups is 1. The highest BCUT2D eigenvalue weighted by Gasteiger charge is 2.09. The number of fused-ring (bicyclic) bond motifs is 1. The van der Waals surface area contributed by atoms with E-state index >= 15 is 0 Å². The molecule has 2 rings (SSSR count). The van der Waals surface area contributed by atoms with E-state index in [-0.39, 0.29) is 23.6 Å². The van der Waals surface area contributed by atoms with Gasteiger partial charge in [-0.05, 0) is 12.1 Å². The molecule has 0 bridgehead atoms. The first-order valence-electron chi connectivity index (χ1n) is 5.87. The fourth-order valence-corrected chi connectivity index (χ4v) is 2.36. The van der Waals surface area contributed by atoms with Crippen LogP contribution in [0.5, 0.6) is 0 Å². The number of halogens is 1. The first kappa shape index (κ1) is 13.7. The van der Waals surface area contributed by atoms with Gasteiger partial charge in [-0.1, -0.05) is 13.0 Å². The maximum atomic E-state index is 13.5. The maximum Gasteiger partial charge on any atom is 0.151 e. The number of para-hydroxylation sites is 1. The number of benzene rings is 1. The summed E-state index contributed by atoms with van der Waals surface area (Å²) < 4.78 is 36.3. The molecule has 19 heavy (non-hydrogen) atoms. The molecule has 0 amide bonds. The molecule has 1 aromatic carbocycles. The Hall–Kier alpha value is -1.76. The van der Waals surface area contributed by atoms with Crippen LogP contribution in [0, 0.1) is 5.82 Å². The van der Waals surface area contributed by atoms with Crippen molar-refractivity contribution >= 4 is 26.6 Å². The van der Waals surface area contributed by atoms with Crippen molar-refractivity contribution < 1.29 is 12.8 Å².